The van der Waals surface area contributed by atoms with Gasteiger partial charge < -0.3 is 9.64 Å². The SMILES string of the molecule is CC(=O)N1CCCSc2ccc(S(=O)(=O)Nc3ccc(OC(F)(F)F)cc3)cc21. The van der Waals surface area contributed by atoms with Gasteiger partial charge in [-0.25, -0.2) is 8.42 Å². The summed E-state index contributed by atoms with van der Waals surface area (Å²) < 4.78 is 68.2. The number of fused-ring (bicyclic) bond motifs is 1. The van der Waals surface area contributed by atoms with Gasteiger partial charge in [-0.2, -0.15) is 0 Å². The molecule has 0 atom stereocenters. The van der Waals surface area contributed by atoms with E-state index in [1.807, 2.05) is 0 Å². The third-order valence-corrected chi connectivity index (χ3v) is 6.56. The number of nitrogens with one attached hydrogen (secondary N) is 1. The Balaban J connectivity index is 1.85. The van der Waals surface area contributed by atoms with Gasteiger partial charge in [-0.1, -0.05) is 0 Å². The van der Waals surface area contributed by atoms with Crippen molar-refractivity contribution < 1.29 is 31.1 Å². The van der Waals surface area contributed by atoms with Crippen molar-refractivity contribution in [2.45, 2.75) is 29.5 Å². The molecule has 29 heavy (non-hydrogen) atoms. The molecule has 6 nitrogen and oxygen atoms in total. The standard InChI is InChI=1S/C18H17F3N2O4S2/c1-12(24)23-9-2-10-28-17-8-7-15(11-16(17)23)29(25,26)22-13-3-5-14(6-4-13)27-18(19,20)21/h3-8,11,22H,2,9-10H2,1H3. The molecule has 1 amide bonds. The summed E-state index contributed by atoms with van der Waals surface area (Å²) >= 11 is 1.55. The average molecular weight is 446 g/mol. The van der Waals surface area contributed by atoms with Crippen LogP contribution in [0.3, 0.4) is 0 Å². The fraction of sp³-hybridized carbons (Fsp3) is 0.278. The maximum atomic E-state index is 12.7. The molecule has 0 saturated carbocycles. The Morgan fingerprint density at radius 3 is 2.48 bits per heavy atom. The van der Waals surface area contributed by atoms with Crippen LogP contribution in [-0.2, 0) is 14.8 Å². The first kappa shape index (κ1) is 21.3. The normalized spacial score (nSPS) is 14.7. The summed E-state index contributed by atoms with van der Waals surface area (Å²) in [5, 5.41) is 0. The van der Waals surface area contributed by atoms with E-state index in [2.05, 4.69) is 9.46 Å². The Morgan fingerprint density at radius 1 is 1.17 bits per heavy atom. The number of hydrogen-bond acceptors (Lipinski definition) is 5. The zero-order valence-electron chi connectivity index (χ0n) is 15.2. The maximum absolute atomic E-state index is 12.7. The number of rotatable bonds is 4. The summed E-state index contributed by atoms with van der Waals surface area (Å²) in [6.07, 6.45) is -4.05. The lowest BCUT2D eigenvalue weighted by Crippen LogP contribution is -2.29. The maximum Gasteiger partial charge on any atom is 0.573 e. The number of carbonyl (C=O) groups excluding carboxylic acids is 1. The summed E-state index contributed by atoms with van der Waals surface area (Å²) in [6.45, 7) is 1.91. The molecule has 0 aliphatic carbocycles. The van der Waals surface area contributed by atoms with Crippen LogP contribution in [-0.4, -0.2) is 33.0 Å². The van der Waals surface area contributed by atoms with Gasteiger partial charge in [-0.3, -0.25) is 9.52 Å². The number of halogens is 3. The van der Waals surface area contributed by atoms with E-state index in [9.17, 15) is 26.4 Å². The molecular weight excluding hydrogens is 429 g/mol. The fourth-order valence-electron chi connectivity index (χ4n) is 2.79. The van der Waals surface area contributed by atoms with Gasteiger partial charge in [0.25, 0.3) is 10.0 Å². The van der Waals surface area contributed by atoms with Crippen LogP contribution in [0.2, 0.25) is 0 Å². The summed E-state index contributed by atoms with van der Waals surface area (Å²) in [5.41, 5.74) is 0.601. The number of alkyl halides is 3. The number of amides is 1. The van der Waals surface area contributed by atoms with Crippen molar-refractivity contribution in [1.29, 1.82) is 0 Å². The van der Waals surface area contributed by atoms with Gasteiger partial charge in [0.15, 0.2) is 0 Å². The van der Waals surface area contributed by atoms with Gasteiger partial charge in [0.05, 0.1) is 10.6 Å². The highest BCUT2D eigenvalue weighted by atomic mass is 32.2. The van der Waals surface area contributed by atoms with Crippen LogP contribution in [0.5, 0.6) is 5.75 Å². The molecule has 2 aromatic carbocycles. The molecule has 0 spiro atoms. The first-order valence-corrected chi connectivity index (χ1v) is 11.0. The van der Waals surface area contributed by atoms with Crippen LogP contribution in [0, 0.1) is 0 Å². The number of nitrogens with zero attached hydrogens (tertiary/aromatic N) is 1. The molecule has 0 bridgehead atoms. The Bertz CT molecular complexity index is 1010. The van der Waals surface area contributed by atoms with Gasteiger partial charge in [-0.15, -0.1) is 24.9 Å². The van der Waals surface area contributed by atoms with E-state index in [0.29, 0.717) is 12.2 Å². The largest absolute Gasteiger partial charge is 0.573 e. The third kappa shape index (κ3) is 5.36. The smallest absolute Gasteiger partial charge is 0.406 e. The number of hydrogen-bond donors (Lipinski definition) is 1. The number of ether oxygens (including phenoxy) is 1. The lowest BCUT2D eigenvalue weighted by Gasteiger charge is -2.21. The first-order chi connectivity index (χ1) is 13.5. The van der Waals surface area contributed by atoms with Gasteiger partial charge in [-0.05, 0) is 54.6 Å². The van der Waals surface area contributed by atoms with E-state index in [1.54, 1.807) is 17.8 Å². The van der Waals surface area contributed by atoms with Crippen molar-refractivity contribution in [1.82, 2.24) is 0 Å². The van der Waals surface area contributed by atoms with Crippen molar-refractivity contribution in [3.63, 3.8) is 0 Å². The number of sulfonamides is 1. The topological polar surface area (TPSA) is 75.7 Å². The third-order valence-electron chi connectivity index (χ3n) is 4.04. The highest BCUT2D eigenvalue weighted by molar-refractivity contribution is 7.99. The molecule has 156 valence electrons. The second-order valence-electron chi connectivity index (χ2n) is 6.18. The van der Waals surface area contributed by atoms with Gasteiger partial charge in [0.1, 0.15) is 5.75 Å². The lowest BCUT2D eigenvalue weighted by atomic mass is 10.2. The van der Waals surface area contributed by atoms with E-state index >= 15 is 0 Å². The number of anilines is 2. The zero-order valence-corrected chi connectivity index (χ0v) is 16.8. The van der Waals surface area contributed by atoms with E-state index in [0.717, 1.165) is 29.2 Å². The molecule has 1 heterocycles. The predicted octanol–water partition coefficient (Wildman–Crippen LogP) is 4.23. The Labute approximate surface area is 170 Å². The molecule has 0 unspecified atom stereocenters. The molecule has 0 fully saturated rings. The van der Waals surface area contributed by atoms with Crippen LogP contribution < -0.4 is 14.4 Å². The molecule has 3 rings (SSSR count). The van der Waals surface area contributed by atoms with Crippen molar-refractivity contribution in [2.24, 2.45) is 0 Å². The number of thioether (sulfide) groups is 1. The zero-order chi connectivity index (χ0) is 21.2. The average Bonchev–Trinajstić information content (AvgIpc) is 2.84. The van der Waals surface area contributed by atoms with Gasteiger partial charge >= 0.3 is 6.36 Å². The van der Waals surface area contributed by atoms with E-state index in [-0.39, 0.29) is 16.5 Å². The molecule has 0 radical (unpaired) electrons. The second-order valence-corrected chi connectivity index (χ2v) is 9.00. The molecular formula is C18H17F3N2O4S2. The summed E-state index contributed by atoms with van der Waals surface area (Å²) in [5.74, 6) is 0.170. The minimum atomic E-state index is -4.83. The predicted molar refractivity (Wildman–Crippen MR) is 104 cm³/mol. The van der Waals surface area contributed by atoms with Gasteiger partial charge in [0.2, 0.25) is 5.91 Å². The van der Waals surface area contributed by atoms with E-state index in [1.165, 1.54) is 36.1 Å². The summed E-state index contributed by atoms with van der Waals surface area (Å²) in [6, 6.07) is 8.86. The van der Waals surface area contributed by atoms with Crippen LogP contribution >= 0.6 is 11.8 Å². The van der Waals surface area contributed by atoms with E-state index < -0.39 is 22.1 Å². The molecule has 1 aliphatic heterocycles. The first-order valence-electron chi connectivity index (χ1n) is 8.49. The van der Waals surface area contributed by atoms with E-state index in [4.69, 9.17) is 0 Å². The molecule has 0 saturated heterocycles. The van der Waals surface area contributed by atoms with Crippen LogP contribution in [0.1, 0.15) is 13.3 Å². The van der Waals surface area contributed by atoms with Crippen LogP contribution in [0.15, 0.2) is 52.3 Å². The quantitative estimate of drug-likeness (QED) is 0.761. The van der Waals surface area contributed by atoms with Crippen molar-refractivity contribution in [3.05, 3.63) is 42.5 Å². The number of benzene rings is 2. The molecule has 1 N–H and O–H groups in total. The Hall–Kier alpha value is -2.40. The van der Waals surface area contributed by atoms with Crippen LogP contribution in [0.25, 0.3) is 0 Å². The lowest BCUT2D eigenvalue weighted by molar-refractivity contribution is -0.274. The second kappa shape index (κ2) is 8.15. The number of carbonyl (C=O) groups is 1. The minimum Gasteiger partial charge on any atom is -0.406 e. The van der Waals surface area contributed by atoms with Crippen molar-refractivity contribution >= 4 is 39.1 Å². The Kier molecular flexibility index (Phi) is 5.99. The molecule has 11 heteroatoms. The summed E-state index contributed by atoms with van der Waals surface area (Å²) in [4.78, 5) is 14.3. The Morgan fingerprint density at radius 2 is 1.86 bits per heavy atom. The van der Waals surface area contributed by atoms with Gasteiger partial charge in [0, 0.05) is 24.1 Å². The highest BCUT2D eigenvalue weighted by Crippen LogP contribution is 2.36. The molecule has 0 aromatic heterocycles. The minimum absolute atomic E-state index is 0.0550. The molecule has 2 aromatic rings. The van der Waals surface area contributed by atoms with Crippen molar-refractivity contribution in [2.75, 3.05) is 21.9 Å². The molecule has 1 aliphatic rings. The van der Waals surface area contributed by atoms with Crippen molar-refractivity contribution in [3.8, 4) is 5.75 Å². The fourth-order valence-corrected chi connectivity index (χ4v) is 4.84. The monoisotopic (exact) mass is 446 g/mol. The van der Waals surface area contributed by atoms with Crippen LogP contribution in [0.4, 0.5) is 24.5 Å². The summed E-state index contributed by atoms with van der Waals surface area (Å²) in [7, 11) is -4.02. The highest BCUT2D eigenvalue weighted by Gasteiger charge is 2.31.